The lowest BCUT2D eigenvalue weighted by Crippen LogP contribution is -2.23. The summed E-state index contributed by atoms with van der Waals surface area (Å²) in [6.45, 7) is 2.65. The average Bonchev–Trinajstić information content (AvgIpc) is 3.25. The lowest BCUT2D eigenvalue weighted by atomic mass is 9.98. The van der Waals surface area contributed by atoms with Gasteiger partial charge in [-0.2, -0.15) is 0 Å². The summed E-state index contributed by atoms with van der Waals surface area (Å²) < 4.78 is 7.74. The van der Waals surface area contributed by atoms with Gasteiger partial charge < -0.3 is 15.8 Å². The van der Waals surface area contributed by atoms with Crippen LogP contribution in [0.4, 0.5) is 11.6 Å². The van der Waals surface area contributed by atoms with Crippen molar-refractivity contribution < 1.29 is 9.53 Å². The van der Waals surface area contributed by atoms with E-state index in [1.807, 2.05) is 22.6 Å². The minimum atomic E-state index is -0.242. The number of amides is 1. The molecule has 0 saturated carbocycles. The van der Waals surface area contributed by atoms with E-state index in [1.54, 1.807) is 30.5 Å². The molecule has 0 aliphatic carbocycles. The number of pyridine rings is 1. The second kappa shape index (κ2) is 8.80. The van der Waals surface area contributed by atoms with Gasteiger partial charge in [-0.3, -0.25) is 9.20 Å². The van der Waals surface area contributed by atoms with Crippen LogP contribution in [0.5, 0.6) is 0 Å². The van der Waals surface area contributed by atoms with E-state index in [0.29, 0.717) is 40.2 Å². The summed E-state index contributed by atoms with van der Waals surface area (Å²) in [5.74, 6) is 1.51. The number of nitrogens with zero attached hydrogens (tertiary/aromatic N) is 4. The predicted molar refractivity (Wildman–Crippen MR) is 127 cm³/mol. The number of benzene rings is 1. The highest BCUT2D eigenvalue weighted by atomic mass is 35.5. The number of imidazole rings is 1. The SMILES string of the molecule is CC1CCC(c2nc(-c3ccc(C(=O)Nc4ccccn4)cc3)c3c(N)ncc(Cl)n23)CO1. The van der Waals surface area contributed by atoms with Crippen molar-refractivity contribution in [3.63, 3.8) is 0 Å². The number of nitrogen functional groups attached to an aromatic ring is 1. The summed E-state index contributed by atoms with van der Waals surface area (Å²) in [6.07, 6.45) is 5.30. The Kier molecular flexibility index (Phi) is 5.70. The molecule has 8 nitrogen and oxygen atoms in total. The zero-order valence-electron chi connectivity index (χ0n) is 18.0. The molecule has 1 saturated heterocycles. The minimum absolute atomic E-state index is 0.102. The third kappa shape index (κ3) is 4.15. The number of carbonyl (C=O) groups excluding carboxylic acids is 1. The van der Waals surface area contributed by atoms with Crippen LogP contribution >= 0.6 is 11.6 Å². The number of anilines is 2. The number of carbonyl (C=O) groups is 1. The lowest BCUT2D eigenvalue weighted by molar-refractivity contribution is 0.0137. The van der Waals surface area contributed by atoms with Crippen molar-refractivity contribution in [2.45, 2.75) is 31.8 Å². The van der Waals surface area contributed by atoms with Gasteiger partial charge in [0.1, 0.15) is 33.8 Å². The first-order chi connectivity index (χ1) is 16.0. The molecule has 5 rings (SSSR count). The van der Waals surface area contributed by atoms with Crippen LogP contribution in [0, 0.1) is 0 Å². The van der Waals surface area contributed by atoms with E-state index < -0.39 is 0 Å². The molecule has 0 spiro atoms. The predicted octanol–water partition coefficient (Wildman–Crippen LogP) is 4.56. The van der Waals surface area contributed by atoms with E-state index in [4.69, 9.17) is 27.1 Å². The van der Waals surface area contributed by atoms with Crippen LogP contribution in [0.1, 0.15) is 41.9 Å². The number of fused-ring (bicyclic) bond motifs is 1. The number of aromatic nitrogens is 4. The van der Waals surface area contributed by atoms with Gasteiger partial charge in [0.15, 0.2) is 0 Å². The minimum Gasteiger partial charge on any atom is -0.382 e. The Hall–Kier alpha value is -3.49. The Bertz CT molecular complexity index is 1300. The zero-order valence-corrected chi connectivity index (χ0v) is 18.8. The van der Waals surface area contributed by atoms with Crippen LogP contribution in [0.2, 0.25) is 5.15 Å². The Labute approximate surface area is 195 Å². The molecule has 33 heavy (non-hydrogen) atoms. The van der Waals surface area contributed by atoms with Crippen LogP contribution in [0.3, 0.4) is 0 Å². The van der Waals surface area contributed by atoms with E-state index in [1.165, 1.54) is 6.20 Å². The third-order valence-corrected chi connectivity index (χ3v) is 6.13. The molecule has 4 aromatic rings. The first-order valence-electron chi connectivity index (χ1n) is 10.8. The second-order valence-electron chi connectivity index (χ2n) is 8.13. The number of nitrogens with one attached hydrogen (secondary N) is 1. The van der Waals surface area contributed by atoms with E-state index in [0.717, 1.165) is 24.2 Å². The van der Waals surface area contributed by atoms with Gasteiger partial charge in [-0.05, 0) is 44.0 Å². The van der Waals surface area contributed by atoms with Crippen molar-refractivity contribution in [3.05, 3.63) is 71.4 Å². The van der Waals surface area contributed by atoms with Crippen molar-refractivity contribution >= 4 is 34.7 Å². The van der Waals surface area contributed by atoms with Crippen molar-refractivity contribution in [2.24, 2.45) is 0 Å². The zero-order chi connectivity index (χ0) is 22.9. The maximum Gasteiger partial charge on any atom is 0.256 e. The van der Waals surface area contributed by atoms with Crippen molar-refractivity contribution in [1.82, 2.24) is 19.4 Å². The topological polar surface area (TPSA) is 107 Å². The third-order valence-electron chi connectivity index (χ3n) is 5.87. The molecule has 3 N–H and O–H groups in total. The summed E-state index contributed by atoms with van der Waals surface area (Å²) in [5.41, 5.74) is 8.91. The monoisotopic (exact) mass is 462 g/mol. The summed E-state index contributed by atoms with van der Waals surface area (Å²) in [4.78, 5) is 25.9. The molecule has 9 heteroatoms. The smallest absolute Gasteiger partial charge is 0.256 e. The molecule has 0 radical (unpaired) electrons. The fraction of sp³-hybridized carbons (Fsp3) is 0.250. The van der Waals surface area contributed by atoms with Gasteiger partial charge in [0, 0.05) is 23.2 Å². The van der Waals surface area contributed by atoms with Gasteiger partial charge in [-0.25, -0.2) is 15.0 Å². The van der Waals surface area contributed by atoms with Crippen molar-refractivity contribution in [3.8, 4) is 11.3 Å². The molecular formula is C24H23ClN6O2. The van der Waals surface area contributed by atoms with E-state index in [-0.39, 0.29) is 17.9 Å². The highest BCUT2D eigenvalue weighted by Crippen LogP contribution is 2.36. The van der Waals surface area contributed by atoms with E-state index in [9.17, 15) is 4.79 Å². The van der Waals surface area contributed by atoms with Crippen molar-refractivity contribution in [1.29, 1.82) is 0 Å². The van der Waals surface area contributed by atoms with Crippen LogP contribution in [0.25, 0.3) is 16.8 Å². The van der Waals surface area contributed by atoms with Gasteiger partial charge in [0.2, 0.25) is 0 Å². The summed E-state index contributed by atoms with van der Waals surface area (Å²) in [7, 11) is 0. The molecular weight excluding hydrogens is 440 g/mol. The number of hydrogen-bond donors (Lipinski definition) is 2. The van der Waals surface area contributed by atoms with Crippen LogP contribution in [-0.2, 0) is 4.74 Å². The lowest BCUT2D eigenvalue weighted by Gasteiger charge is -2.26. The first-order valence-corrected chi connectivity index (χ1v) is 11.2. The number of nitrogens with two attached hydrogens (primary N) is 1. The van der Waals surface area contributed by atoms with E-state index in [2.05, 4.69) is 22.2 Å². The molecule has 1 aromatic carbocycles. The molecule has 1 fully saturated rings. The number of rotatable bonds is 4. The second-order valence-corrected chi connectivity index (χ2v) is 8.52. The Balaban J connectivity index is 1.51. The van der Waals surface area contributed by atoms with E-state index >= 15 is 0 Å². The maximum atomic E-state index is 12.6. The number of ether oxygens (including phenoxy) is 1. The van der Waals surface area contributed by atoms with Gasteiger partial charge in [-0.1, -0.05) is 29.8 Å². The van der Waals surface area contributed by atoms with Crippen LogP contribution < -0.4 is 11.1 Å². The van der Waals surface area contributed by atoms with Crippen LogP contribution in [-0.4, -0.2) is 38.0 Å². The number of hydrogen-bond acceptors (Lipinski definition) is 6. The Morgan fingerprint density at radius 3 is 2.70 bits per heavy atom. The normalized spacial score (nSPS) is 18.4. The fourth-order valence-corrected chi connectivity index (χ4v) is 4.32. The molecule has 2 unspecified atom stereocenters. The molecule has 1 aliphatic heterocycles. The summed E-state index contributed by atoms with van der Waals surface area (Å²) in [5, 5.41) is 3.23. The molecule has 3 aromatic heterocycles. The first kappa shape index (κ1) is 21.4. The molecule has 4 heterocycles. The quantitative estimate of drug-likeness (QED) is 0.460. The highest BCUT2D eigenvalue weighted by molar-refractivity contribution is 6.30. The summed E-state index contributed by atoms with van der Waals surface area (Å²) in [6, 6.07) is 12.5. The Morgan fingerprint density at radius 2 is 2.00 bits per heavy atom. The van der Waals surface area contributed by atoms with Crippen LogP contribution in [0.15, 0.2) is 54.9 Å². The molecule has 168 valence electrons. The van der Waals surface area contributed by atoms with Gasteiger partial charge >= 0.3 is 0 Å². The fourth-order valence-electron chi connectivity index (χ4n) is 4.10. The molecule has 1 amide bonds. The van der Waals surface area contributed by atoms with Gasteiger partial charge in [0.05, 0.1) is 18.9 Å². The van der Waals surface area contributed by atoms with Crippen molar-refractivity contribution in [2.75, 3.05) is 17.7 Å². The van der Waals surface area contributed by atoms with Gasteiger partial charge in [0.25, 0.3) is 5.91 Å². The summed E-state index contributed by atoms with van der Waals surface area (Å²) >= 11 is 6.53. The Morgan fingerprint density at radius 1 is 1.18 bits per heavy atom. The average molecular weight is 463 g/mol. The molecule has 1 aliphatic rings. The highest BCUT2D eigenvalue weighted by Gasteiger charge is 2.28. The maximum absolute atomic E-state index is 12.6. The molecule has 0 bridgehead atoms. The molecule has 2 atom stereocenters. The van der Waals surface area contributed by atoms with Gasteiger partial charge in [-0.15, -0.1) is 0 Å². The largest absolute Gasteiger partial charge is 0.382 e. The standard InChI is InChI=1S/C24H23ClN6O2/c1-14-5-6-17(13-33-14)23-30-20(21-22(26)28-12-18(25)31(21)23)15-7-9-16(10-8-15)24(32)29-19-4-2-3-11-27-19/h2-4,7-12,14,17H,5-6,13H2,1H3,(H2,26,28)(H,27,29,32). The number of halogens is 1.